The van der Waals surface area contributed by atoms with E-state index in [1.54, 1.807) is 6.92 Å². The van der Waals surface area contributed by atoms with E-state index in [9.17, 15) is 14.7 Å². The summed E-state index contributed by atoms with van der Waals surface area (Å²) in [6, 6.07) is -0.890. The van der Waals surface area contributed by atoms with Crippen molar-refractivity contribution in [2.45, 2.75) is 25.5 Å². The average Bonchev–Trinajstić information content (AvgIpc) is 2.85. The summed E-state index contributed by atoms with van der Waals surface area (Å²) in [4.78, 5) is 24.1. The third kappa shape index (κ3) is 3.26. The van der Waals surface area contributed by atoms with Crippen molar-refractivity contribution >= 4 is 17.9 Å². The third-order valence-corrected chi connectivity index (χ3v) is 2.79. The van der Waals surface area contributed by atoms with Gasteiger partial charge in [-0.15, -0.1) is 5.10 Å². The maximum Gasteiger partial charge on any atom is 0.322 e. The van der Waals surface area contributed by atoms with E-state index in [0.29, 0.717) is 5.89 Å². The molecule has 2 atom stereocenters. The van der Waals surface area contributed by atoms with Crippen molar-refractivity contribution in [3.63, 3.8) is 0 Å². The lowest BCUT2D eigenvalue weighted by Gasteiger charge is -2.19. The Bertz CT molecular complexity index is 488. The molecule has 0 aliphatic carbocycles. The molecule has 1 aliphatic rings. The summed E-state index contributed by atoms with van der Waals surface area (Å²) in [6.07, 6.45) is -0.623. The number of nitrogens with one attached hydrogen (secondary N) is 1. The lowest BCUT2D eigenvalue weighted by Crippen LogP contribution is -2.41. The monoisotopic (exact) mass is 270 g/mol. The van der Waals surface area contributed by atoms with Crippen molar-refractivity contribution in [3.05, 3.63) is 5.89 Å². The number of β-amino-alcohol motifs (C(OH)–C–C–N with tert-alkyl or cyclic N) is 1. The zero-order valence-electron chi connectivity index (χ0n) is 10.2. The first-order valence-corrected chi connectivity index (χ1v) is 5.70. The SMILES string of the molecule is Cc1nnc(NC(=O)CN2CC(O)CC2C(=O)O)o1. The number of amides is 1. The van der Waals surface area contributed by atoms with Crippen molar-refractivity contribution < 1.29 is 24.2 Å². The highest BCUT2D eigenvalue weighted by molar-refractivity contribution is 5.90. The molecule has 1 fully saturated rings. The molecular weight excluding hydrogens is 256 g/mol. The largest absolute Gasteiger partial charge is 0.480 e. The number of aromatic nitrogens is 2. The summed E-state index contributed by atoms with van der Waals surface area (Å²) in [6.45, 7) is 1.57. The maximum atomic E-state index is 11.7. The van der Waals surface area contributed by atoms with E-state index in [4.69, 9.17) is 9.52 Å². The molecule has 0 aromatic carbocycles. The number of likely N-dealkylation sites (tertiary alicyclic amines) is 1. The van der Waals surface area contributed by atoms with Gasteiger partial charge in [-0.2, -0.15) is 0 Å². The number of anilines is 1. The number of hydrogen-bond acceptors (Lipinski definition) is 7. The van der Waals surface area contributed by atoms with E-state index in [-0.39, 0.29) is 25.5 Å². The van der Waals surface area contributed by atoms with Crippen LogP contribution in [0.3, 0.4) is 0 Å². The molecule has 104 valence electrons. The third-order valence-electron chi connectivity index (χ3n) is 2.79. The fourth-order valence-electron chi connectivity index (χ4n) is 2.00. The van der Waals surface area contributed by atoms with Crippen LogP contribution in [0.4, 0.5) is 6.01 Å². The molecule has 3 N–H and O–H groups in total. The van der Waals surface area contributed by atoms with Gasteiger partial charge >= 0.3 is 12.0 Å². The predicted octanol–water partition coefficient (Wildman–Crippen LogP) is -1.16. The van der Waals surface area contributed by atoms with Gasteiger partial charge in [-0.25, -0.2) is 0 Å². The molecule has 1 aliphatic heterocycles. The van der Waals surface area contributed by atoms with Crippen LogP contribution in [-0.4, -0.2) is 62.4 Å². The highest BCUT2D eigenvalue weighted by Crippen LogP contribution is 2.17. The molecule has 0 saturated carbocycles. The topological polar surface area (TPSA) is 129 Å². The lowest BCUT2D eigenvalue weighted by atomic mass is 10.2. The van der Waals surface area contributed by atoms with Gasteiger partial charge in [0.05, 0.1) is 12.6 Å². The smallest absolute Gasteiger partial charge is 0.322 e. The van der Waals surface area contributed by atoms with Gasteiger partial charge in [0.25, 0.3) is 0 Å². The molecule has 9 nitrogen and oxygen atoms in total. The molecule has 0 bridgehead atoms. The number of carboxylic acids is 1. The first-order valence-electron chi connectivity index (χ1n) is 5.70. The minimum absolute atomic E-state index is 0.0332. The minimum atomic E-state index is -1.06. The van der Waals surface area contributed by atoms with Gasteiger partial charge < -0.3 is 14.6 Å². The summed E-state index contributed by atoms with van der Waals surface area (Å²) in [5, 5.41) is 27.9. The molecule has 2 rings (SSSR count). The Morgan fingerprint density at radius 3 is 2.84 bits per heavy atom. The Morgan fingerprint density at radius 2 is 2.26 bits per heavy atom. The second kappa shape index (κ2) is 5.33. The number of carbonyl (C=O) groups excluding carboxylic acids is 1. The fourth-order valence-corrected chi connectivity index (χ4v) is 2.00. The molecule has 1 saturated heterocycles. The highest BCUT2D eigenvalue weighted by Gasteiger charge is 2.36. The van der Waals surface area contributed by atoms with Gasteiger partial charge in [0.1, 0.15) is 6.04 Å². The normalized spacial score (nSPS) is 23.5. The first-order chi connectivity index (χ1) is 8.95. The Labute approximate surface area is 108 Å². The second-order valence-corrected chi connectivity index (χ2v) is 4.35. The molecule has 1 aromatic heterocycles. The van der Waals surface area contributed by atoms with E-state index in [1.807, 2.05) is 0 Å². The van der Waals surface area contributed by atoms with Crippen LogP contribution >= 0.6 is 0 Å². The highest BCUT2D eigenvalue weighted by atomic mass is 16.4. The summed E-state index contributed by atoms with van der Waals surface area (Å²) >= 11 is 0. The number of aryl methyl sites for hydroxylation is 1. The fraction of sp³-hybridized carbons (Fsp3) is 0.600. The molecule has 9 heteroatoms. The Hall–Kier alpha value is -2.00. The van der Waals surface area contributed by atoms with Crippen molar-refractivity contribution in [3.8, 4) is 0 Å². The Balaban J connectivity index is 1.92. The number of aliphatic hydroxyl groups excluding tert-OH is 1. The van der Waals surface area contributed by atoms with Crippen LogP contribution in [-0.2, 0) is 9.59 Å². The number of aliphatic carboxylic acids is 1. The van der Waals surface area contributed by atoms with Crippen LogP contribution in [0.1, 0.15) is 12.3 Å². The Kier molecular flexibility index (Phi) is 3.76. The number of nitrogens with zero attached hydrogens (tertiary/aromatic N) is 3. The van der Waals surface area contributed by atoms with Crippen molar-refractivity contribution in [2.24, 2.45) is 0 Å². The molecule has 1 amide bonds. The van der Waals surface area contributed by atoms with Crippen LogP contribution in [0.2, 0.25) is 0 Å². The van der Waals surface area contributed by atoms with Gasteiger partial charge in [-0.3, -0.25) is 19.8 Å². The summed E-state index contributed by atoms with van der Waals surface area (Å²) in [5.41, 5.74) is 0. The zero-order valence-corrected chi connectivity index (χ0v) is 10.2. The Morgan fingerprint density at radius 1 is 1.53 bits per heavy atom. The van der Waals surface area contributed by atoms with Crippen LogP contribution in [0.25, 0.3) is 0 Å². The number of carboxylic acid groups (broad SMARTS) is 1. The van der Waals surface area contributed by atoms with Crippen LogP contribution in [0, 0.1) is 6.92 Å². The van der Waals surface area contributed by atoms with E-state index in [2.05, 4.69) is 15.5 Å². The van der Waals surface area contributed by atoms with E-state index in [1.165, 1.54) is 4.90 Å². The molecule has 2 unspecified atom stereocenters. The van der Waals surface area contributed by atoms with E-state index in [0.717, 1.165) is 0 Å². The van der Waals surface area contributed by atoms with Gasteiger partial charge in [0.15, 0.2) is 0 Å². The molecule has 19 heavy (non-hydrogen) atoms. The molecular formula is C10H14N4O5. The van der Waals surface area contributed by atoms with Crippen molar-refractivity contribution in [1.29, 1.82) is 0 Å². The molecule has 2 heterocycles. The number of rotatable bonds is 4. The van der Waals surface area contributed by atoms with Crippen LogP contribution in [0.15, 0.2) is 4.42 Å². The lowest BCUT2D eigenvalue weighted by molar-refractivity contribution is -0.142. The predicted molar refractivity (Wildman–Crippen MR) is 61.3 cm³/mol. The maximum absolute atomic E-state index is 11.7. The first kappa shape index (κ1) is 13.4. The molecule has 0 radical (unpaired) electrons. The summed E-state index contributed by atoms with van der Waals surface area (Å²) in [5.74, 6) is -1.21. The minimum Gasteiger partial charge on any atom is -0.480 e. The van der Waals surface area contributed by atoms with Crippen LogP contribution in [0.5, 0.6) is 0 Å². The molecule has 1 aromatic rings. The zero-order chi connectivity index (χ0) is 14.0. The number of hydrogen-bond donors (Lipinski definition) is 3. The summed E-state index contributed by atoms with van der Waals surface area (Å²) in [7, 11) is 0. The standard InChI is InChI=1S/C10H14N4O5/c1-5-12-13-10(19-5)11-8(16)4-14-3-6(15)2-7(14)9(17)18/h6-7,15H,2-4H2,1H3,(H,17,18)(H,11,13,16). The summed E-state index contributed by atoms with van der Waals surface area (Å²) < 4.78 is 4.98. The average molecular weight is 270 g/mol. The van der Waals surface area contributed by atoms with E-state index >= 15 is 0 Å². The number of aliphatic hydroxyl groups is 1. The van der Waals surface area contributed by atoms with E-state index < -0.39 is 24.0 Å². The number of carbonyl (C=O) groups is 2. The van der Waals surface area contributed by atoms with Crippen molar-refractivity contribution in [1.82, 2.24) is 15.1 Å². The van der Waals surface area contributed by atoms with Gasteiger partial charge in [-0.05, 0) is 0 Å². The van der Waals surface area contributed by atoms with Gasteiger partial charge in [0, 0.05) is 19.9 Å². The second-order valence-electron chi connectivity index (χ2n) is 4.35. The van der Waals surface area contributed by atoms with Crippen molar-refractivity contribution in [2.75, 3.05) is 18.4 Å². The van der Waals surface area contributed by atoms with Gasteiger partial charge in [-0.1, -0.05) is 5.10 Å². The van der Waals surface area contributed by atoms with Gasteiger partial charge in [0.2, 0.25) is 11.8 Å². The molecule has 0 spiro atoms. The van der Waals surface area contributed by atoms with Crippen LogP contribution < -0.4 is 5.32 Å². The quantitative estimate of drug-likeness (QED) is 0.624.